The number of amides is 1. The molecule has 8 heteroatoms. The minimum Gasteiger partial charge on any atom is -0.480 e. The van der Waals surface area contributed by atoms with Crippen LogP contribution in [0.5, 0.6) is 0 Å². The fourth-order valence-electron chi connectivity index (χ4n) is 5.79. The number of rotatable bonds is 5. The van der Waals surface area contributed by atoms with Gasteiger partial charge in [0.25, 0.3) is 11.5 Å². The van der Waals surface area contributed by atoms with Gasteiger partial charge in [-0.05, 0) is 89.1 Å². The molecule has 0 saturated carbocycles. The van der Waals surface area contributed by atoms with E-state index in [1.807, 2.05) is 30.0 Å². The van der Waals surface area contributed by atoms with Gasteiger partial charge in [-0.1, -0.05) is 18.2 Å². The molecule has 0 aliphatic carbocycles. The highest BCUT2D eigenvalue weighted by Gasteiger charge is 2.38. The van der Waals surface area contributed by atoms with Crippen LogP contribution in [0.1, 0.15) is 72.8 Å². The molecule has 0 unspecified atom stereocenters. The van der Waals surface area contributed by atoms with E-state index in [0.29, 0.717) is 30.6 Å². The standard InChI is InChI=1S/C30H40N4O4/c1-5-34(22-14-16-33(17-15-22)30(3,4)29(37)38)26-13-9-12-24-23(26)11-8-6-7-10-21-18-20(2)32-28(36)25(21)19-31-27(24)35/h6,8-9,12-13,18,22H,5,7,10-11,14-17,19H2,1-4H3,(H,31,35)(H,32,36)(H,37,38). The summed E-state index contributed by atoms with van der Waals surface area (Å²) in [6, 6.07) is 8.13. The maximum Gasteiger partial charge on any atom is 0.323 e. The number of fused-ring (bicyclic) bond motifs is 2. The zero-order valence-electron chi connectivity index (χ0n) is 23.0. The van der Waals surface area contributed by atoms with Gasteiger partial charge in [0.05, 0.1) is 0 Å². The quantitative estimate of drug-likeness (QED) is 0.518. The smallest absolute Gasteiger partial charge is 0.323 e. The highest BCUT2D eigenvalue weighted by molar-refractivity contribution is 5.97. The number of anilines is 1. The number of benzene rings is 1. The maximum atomic E-state index is 13.4. The Balaban J connectivity index is 1.62. The number of hydrogen-bond acceptors (Lipinski definition) is 5. The van der Waals surface area contributed by atoms with Crippen LogP contribution in [-0.2, 0) is 24.2 Å². The fraction of sp³-hybridized carbons (Fsp3) is 0.500. The van der Waals surface area contributed by atoms with Crippen molar-refractivity contribution in [3.8, 4) is 0 Å². The lowest BCUT2D eigenvalue weighted by Crippen LogP contribution is -2.55. The van der Waals surface area contributed by atoms with Crippen molar-refractivity contribution >= 4 is 17.6 Å². The average molecular weight is 521 g/mol. The van der Waals surface area contributed by atoms with E-state index >= 15 is 0 Å². The number of carbonyl (C=O) groups excluding carboxylic acids is 1. The van der Waals surface area contributed by atoms with Crippen molar-refractivity contribution in [1.82, 2.24) is 15.2 Å². The third-order valence-electron chi connectivity index (χ3n) is 8.12. The molecule has 1 aromatic heterocycles. The molecule has 3 N–H and O–H groups in total. The number of aryl methyl sites for hydroxylation is 2. The number of likely N-dealkylation sites (tertiary alicyclic amines) is 1. The van der Waals surface area contributed by atoms with Crippen LogP contribution in [-0.4, -0.2) is 58.1 Å². The van der Waals surface area contributed by atoms with Crippen LogP contribution in [0.2, 0.25) is 0 Å². The lowest BCUT2D eigenvalue weighted by molar-refractivity contribution is -0.150. The predicted octanol–water partition coefficient (Wildman–Crippen LogP) is 3.81. The van der Waals surface area contributed by atoms with Crippen molar-refractivity contribution in [3.63, 3.8) is 0 Å². The van der Waals surface area contributed by atoms with Crippen LogP contribution in [0.25, 0.3) is 0 Å². The Morgan fingerprint density at radius 3 is 2.58 bits per heavy atom. The number of aromatic nitrogens is 1. The van der Waals surface area contributed by atoms with Gasteiger partial charge in [-0.3, -0.25) is 19.3 Å². The molecule has 8 nitrogen and oxygen atoms in total. The number of carboxylic acids is 1. The van der Waals surface area contributed by atoms with E-state index in [1.54, 1.807) is 13.8 Å². The summed E-state index contributed by atoms with van der Waals surface area (Å²) in [5.41, 5.74) is 4.03. The Hall–Kier alpha value is -3.39. The van der Waals surface area contributed by atoms with Gasteiger partial charge >= 0.3 is 5.97 Å². The first-order valence-corrected chi connectivity index (χ1v) is 13.6. The van der Waals surface area contributed by atoms with Crippen LogP contribution in [0.3, 0.4) is 0 Å². The number of nitrogens with zero attached hydrogens (tertiary/aromatic N) is 2. The van der Waals surface area contributed by atoms with E-state index < -0.39 is 11.5 Å². The lowest BCUT2D eigenvalue weighted by atomic mass is 9.93. The summed E-state index contributed by atoms with van der Waals surface area (Å²) in [4.78, 5) is 45.1. The largest absolute Gasteiger partial charge is 0.480 e. The Kier molecular flexibility index (Phi) is 8.41. The van der Waals surface area contributed by atoms with Gasteiger partial charge in [0.2, 0.25) is 0 Å². The third kappa shape index (κ3) is 5.70. The van der Waals surface area contributed by atoms with Gasteiger partial charge in [0.1, 0.15) is 5.54 Å². The van der Waals surface area contributed by atoms with Crippen LogP contribution in [0.15, 0.2) is 41.2 Å². The molecule has 1 saturated heterocycles. The second-order valence-corrected chi connectivity index (χ2v) is 10.9. The second kappa shape index (κ2) is 11.6. The van der Waals surface area contributed by atoms with Crippen molar-refractivity contribution in [3.05, 3.63) is 74.7 Å². The molecule has 1 aromatic carbocycles. The highest BCUT2D eigenvalue weighted by Crippen LogP contribution is 2.32. The summed E-state index contributed by atoms with van der Waals surface area (Å²) in [6.07, 6.45) is 8.18. The first-order valence-electron chi connectivity index (χ1n) is 13.6. The summed E-state index contributed by atoms with van der Waals surface area (Å²) in [6.45, 7) is 9.93. The first-order chi connectivity index (χ1) is 18.1. The highest BCUT2D eigenvalue weighted by atomic mass is 16.4. The molecule has 2 aliphatic rings. The second-order valence-electron chi connectivity index (χ2n) is 10.9. The molecule has 0 radical (unpaired) electrons. The number of aromatic amines is 1. The van der Waals surface area contributed by atoms with E-state index in [-0.39, 0.29) is 24.1 Å². The Labute approximate surface area is 224 Å². The molecule has 3 heterocycles. The van der Waals surface area contributed by atoms with Crippen LogP contribution < -0.4 is 15.8 Å². The van der Waals surface area contributed by atoms with E-state index in [0.717, 1.165) is 54.7 Å². The van der Waals surface area contributed by atoms with E-state index in [1.165, 1.54) is 0 Å². The van der Waals surface area contributed by atoms with Crippen molar-refractivity contribution < 1.29 is 14.7 Å². The van der Waals surface area contributed by atoms with Crippen molar-refractivity contribution in [2.45, 2.75) is 77.9 Å². The number of aliphatic carboxylic acids is 1. The zero-order chi connectivity index (χ0) is 27.4. The minimum atomic E-state index is -0.889. The number of nitrogens with one attached hydrogen (secondary N) is 2. The maximum absolute atomic E-state index is 13.4. The number of H-pyrrole nitrogens is 1. The Morgan fingerprint density at radius 1 is 1.16 bits per heavy atom. The predicted molar refractivity (Wildman–Crippen MR) is 150 cm³/mol. The Morgan fingerprint density at radius 2 is 1.89 bits per heavy atom. The summed E-state index contributed by atoms with van der Waals surface area (Å²) >= 11 is 0. The molecule has 1 amide bonds. The van der Waals surface area contributed by atoms with E-state index in [2.05, 4.69) is 40.3 Å². The molecule has 0 bridgehead atoms. The molecule has 0 spiro atoms. The molecule has 38 heavy (non-hydrogen) atoms. The summed E-state index contributed by atoms with van der Waals surface area (Å²) in [5.74, 6) is -0.986. The van der Waals surface area contributed by atoms with E-state index in [9.17, 15) is 19.5 Å². The monoisotopic (exact) mass is 520 g/mol. The first kappa shape index (κ1) is 27.6. The number of allylic oxidation sites excluding steroid dienone is 2. The molecule has 4 rings (SSSR count). The fourth-order valence-corrected chi connectivity index (χ4v) is 5.79. The normalized spacial score (nSPS) is 17.5. The lowest BCUT2D eigenvalue weighted by Gasteiger charge is -2.44. The topological polar surface area (TPSA) is 106 Å². The molecule has 204 valence electrons. The van der Waals surface area contributed by atoms with Crippen molar-refractivity contribution in [2.75, 3.05) is 24.5 Å². The molecule has 2 aromatic rings. The van der Waals surface area contributed by atoms with Gasteiger partial charge < -0.3 is 20.3 Å². The van der Waals surface area contributed by atoms with Gasteiger partial charge in [0, 0.05) is 54.7 Å². The van der Waals surface area contributed by atoms with E-state index in [4.69, 9.17) is 0 Å². The van der Waals surface area contributed by atoms with Crippen LogP contribution in [0, 0.1) is 6.92 Å². The van der Waals surface area contributed by atoms with Gasteiger partial charge in [0.15, 0.2) is 0 Å². The summed E-state index contributed by atoms with van der Waals surface area (Å²) in [7, 11) is 0. The molecular formula is C30H40N4O4. The van der Waals surface area contributed by atoms with Crippen molar-refractivity contribution in [2.24, 2.45) is 0 Å². The van der Waals surface area contributed by atoms with Crippen LogP contribution in [0.4, 0.5) is 5.69 Å². The van der Waals surface area contributed by atoms with Crippen molar-refractivity contribution in [1.29, 1.82) is 0 Å². The number of carboxylic acid groups (broad SMARTS) is 1. The molecule has 2 aliphatic heterocycles. The van der Waals surface area contributed by atoms with Crippen LogP contribution >= 0.6 is 0 Å². The summed E-state index contributed by atoms with van der Waals surface area (Å²) in [5, 5.41) is 12.7. The number of pyridine rings is 1. The summed E-state index contributed by atoms with van der Waals surface area (Å²) < 4.78 is 0. The van der Waals surface area contributed by atoms with Gasteiger partial charge in [-0.2, -0.15) is 0 Å². The molecule has 0 atom stereocenters. The minimum absolute atomic E-state index is 0.148. The molecular weight excluding hydrogens is 480 g/mol. The number of carbonyl (C=O) groups is 2. The number of hydrogen-bond donors (Lipinski definition) is 3. The van der Waals surface area contributed by atoms with Gasteiger partial charge in [-0.15, -0.1) is 0 Å². The number of piperidine rings is 1. The molecule has 1 fully saturated rings. The zero-order valence-corrected chi connectivity index (χ0v) is 23.0. The third-order valence-corrected chi connectivity index (χ3v) is 8.12. The SMILES string of the molecule is CCN(c1cccc2c1CC=CCCc1cc(C)[nH]c(=O)c1CNC2=O)C1CCN(C(C)(C)C(=O)O)CC1. The van der Waals surface area contributed by atoms with Gasteiger partial charge in [-0.25, -0.2) is 0 Å². The Bertz CT molecular complexity index is 1270. The average Bonchev–Trinajstić information content (AvgIpc) is 2.88.